The Kier molecular flexibility index (Phi) is 5.65. The highest BCUT2D eigenvalue weighted by Crippen LogP contribution is 2.33. The third kappa shape index (κ3) is 3.99. The molecular formula is C21H27ClN2O. The van der Waals surface area contributed by atoms with Crippen molar-refractivity contribution in [1.29, 1.82) is 0 Å². The summed E-state index contributed by atoms with van der Waals surface area (Å²) in [4.78, 5) is 14.6. The minimum atomic E-state index is 0. The summed E-state index contributed by atoms with van der Waals surface area (Å²) in [5.41, 5.74) is 1.23. The van der Waals surface area contributed by atoms with E-state index in [4.69, 9.17) is 0 Å². The van der Waals surface area contributed by atoms with Crippen LogP contribution in [0.4, 0.5) is 0 Å². The average Bonchev–Trinajstić information content (AvgIpc) is 2.93. The molecule has 3 nitrogen and oxygen atoms in total. The molecular weight excluding hydrogens is 332 g/mol. The Morgan fingerprint density at radius 3 is 2.52 bits per heavy atom. The van der Waals surface area contributed by atoms with Crippen LogP contribution in [-0.2, 0) is 11.3 Å². The number of nitrogens with zero attached hydrogens (tertiary/aromatic N) is 1. The molecule has 4 rings (SSSR count). The lowest BCUT2D eigenvalue weighted by molar-refractivity contribution is -0.131. The molecule has 25 heavy (non-hydrogen) atoms. The third-order valence-electron chi connectivity index (χ3n) is 5.75. The first kappa shape index (κ1) is 18.2. The highest BCUT2D eigenvalue weighted by atomic mass is 35.5. The molecule has 1 N–H and O–H groups in total. The fraction of sp³-hybridized carbons (Fsp3) is 0.476. The summed E-state index contributed by atoms with van der Waals surface area (Å²) in [6.07, 6.45) is 5.63. The number of halogens is 1. The Bertz CT molecular complexity index is 730. The van der Waals surface area contributed by atoms with Crippen molar-refractivity contribution in [3.05, 3.63) is 48.0 Å². The third-order valence-corrected chi connectivity index (χ3v) is 5.75. The molecule has 0 saturated carbocycles. The predicted octanol–water partition coefficient (Wildman–Crippen LogP) is 4.14. The van der Waals surface area contributed by atoms with Gasteiger partial charge in [0.15, 0.2) is 0 Å². The second-order valence-electron chi connectivity index (χ2n) is 7.57. The van der Waals surface area contributed by atoms with E-state index in [2.05, 4.69) is 47.8 Å². The number of piperidine rings is 1. The number of benzene rings is 2. The van der Waals surface area contributed by atoms with Crippen molar-refractivity contribution >= 4 is 29.1 Å². The van der Waals surface area contributed by atoms with Crippen molar-refractivity contribution in [2.75, 3.05) is 7.05 Å². The van der Waals surface area contributed by atoms with E-state index in [-0.39, 0.29) is 18.3 Å². The maximum absolute atomic E-state index is 12.7. The van der Waals surface area contributed by atoms with Crippen molar-refractivity contribution in [3.63, 3.8) is 0 Å². The van der Waals surface area contributed by atoms with Crippen molar-refractivity contribution < 1.29 is 4.79 Å². The number of rotatable bonds is 4. The minimum absolute atomic E-state index is 0. The largest absolute Gasteiger partial charge is 0.341 e. The lowest BCUT2D eigenvalue weighted by Crippen LogP contribution is -2.39. The van der Waals surface area contributed by atoms with Gasteiger partial charge in [0.25, 0.3) is 0 Å². The topological polar surface area (TPSA) is 32.3 Å². The van der Waals surface area contributed by atoms with Gasteiger partial charge in [-0.3, -0.25) is 4.79 Å². The molecule has 2 aliphatic heterocycles. The predicted molar refractivity (Wildman–Crippen MR) is 105 cm³/mol. The van der Waals surface area contributed by atoms with E-state index < -0.39 is 0 Å². The van der Waals surface area contributed by atoms with E-state index in [0.717, 1.165) is 0 Å². The summed E-state index contributed by atoms with van der Waals surface area (Å²) in [7, 11) is 1.94. The number of carbonyl (C=O) groups is 1. The summed E-state index contributed by atoms with van der Waals surface area (Å²) >= 11 is 0. The zero-order valence-electron chi connectivity index (χ0n) is 14.8. The van der Waals surface area contributed by atoms with Crippen LogP contribution in [0.25, 0.3) is 10.8 Å². The van der Waals surface area contributed by atoms with E-state index in [1.165, 1.54) is 42.0 Å². The van der Waals surface area contributed by atoms with Crippen LogP contribution in [0.1, 0.15) is 37.7 Å². The summed E-state index contributed by atoms with van der Waals surface area (Å²) < 4.78 is 0. The maximum atomic E-state index is 12.7. The quantitative estimate of drug-likeness (QED) is 0.890. The van der Waals surface area contributed by atoms with Crippen LogP contribution in [0.3, 0.4) is 0 Å². The van der Waals surface area contributed by atoms with Crippen molar-refractivity contribution in [1.82, 2.24) is 10.2 Å². The Balaban J connectivity index is 0.00000182. The van der Waals surface area contributed by atoms with Crippen LogP contribution in [0.15, 0.2) is 42.5 Å². The number of hydrogen-bond acceptors (Lipinski definition) is 2. The van der Waals surface area contributed by atoms with Crippen LogP contribution in [0.5, 0.6) is 0 Å². The Morgan fingerprint density at radius 2 is 1.76 bits per heavy atom. The summed E-state index contributed by atoms with van der Waals surface area (Å²) in [6.45, 7) is 0.692. The van der Waals surface area contributed by atoms with Crippen LogP contribution < -0.4 is 5.32 Å². The smallest absolute Gasteiger partial charge is 0.222 e. The molecule has 2 bridgehead atoms. The van der Waals surface area contributed by atoms with E-state index in [1.54, 1.807) is 0 Å². The SMILES string of the molecule is CN(Cc1cccc2ccccc12)C(=O)CC1CC2CCC(C1)N2.Cl. The Morgan fingerprint density at radius 1 is 1.08 bits per heavy atom. The van der Waals surface area contributed by atoms with E-state index in [9.17, 15) is 4.79 Å². The van der Waals surface area contributed by atoms with Crippen LogP contribution in [-0.4, -0.2) is 29.9 Å². The van der Waals surface area contributed by atoms with Gasteiger partial charge >= 0.3 is 0 Å². The highest BCUT2D eigenvalue weighted by Gasteiger charge is 2.34. The van der Waals surface area contributed by atoms with Crippen LogP contribution >= 0.6 is 12.4 Å². The molecule has 2 unspecified atom stereocenters. The normalized spacial score (nSPS) is 24.8. The fourth-order valence-electron chi connectivity index (χ4n) is 4.52. The molecule has 2 fully saturated rings. The maximum Gasteiger partial charge on any atom is 0.222 e. The number of carbonyl (C=O) groups excluding carboxylic acids is 1. The van der Waals surface area contributed by atoms with Gasteiger partial charge in [-0.15, -0.1) is 12.4 Å². The van der Waals surface area contributed by atoms with Crippen LogP contribution in [0.2, 0.25) is 0 Å². The van der Waals surface area contributed by atoms with Crippen molar-refractivity contribution in [2.24, 2.45) is 5.92 Å². The first-order chi connectivity index (χ1) is 11.7. The van der Waals surface area contributed by atoms with Gasteiger partial charge in [0.05, 0.1) is 0 Å². The van der Waals surface area contributed by atoms with Gasteiger partial charge in [-0.25, -0.2) is 0 Å². The van der Waals surface area contributed by atoms with Gasteiger partial charge in [0, 0.05) is 32.1 Å². The zero-order valence-corrected chi connectivity index (χ0v) is 15.6. The molecule has 2 aromatic rings. The van der Waals surface area contributed by atoms with Gasteiger partial charge in [0.2, 0.25) is 5.91 Å². The lowest BCUT2D eigenvalue weighted by atomic mass is 9.89. The minimum Gasteiger partial charge on any atom is -0.341 e. The van der Waals surface area contributed by atoms with E-state index in [1.807, 2.05) is 11.9 Å². The number of nitrogens with one attached hydrogen (secondary N) is 1. The fourth-order valence-corrected chi connectivity index (χ4v) is 4.52. The van der Waals surface area contributed by atoms with Gasteiger partial charge in [-0.05, 0) is 47.9 Å². The van der Waals surface area contributed by atoms with Gasteiger partial charge < -0.3 is 10.2 Å². The molecule has 134 valence electrons. The summed E-state index contributed by atoms with van der Waals surface area (Å²) in [5, 5.41) is 6.15. The molecule has 0 spiro atoms. The van der Waals surface area contributed by atoms with Gasteiger partial charge in [-0.1, -0.05) is 42.5 Å². The second kappa shape index (κ2) is 7.76. The molecule has 0 aromatic heterocycles. The van der Waals surface area contributed by atoms with Crippen LogP contribution in [0, 0.1) is 5.92 Å². The monoisotopic (exact) mass is 358 g/mol. The number of fused-ring (bicyclic) bond motifs is 3. The summed E-state index contributed by atoms with van der Waals surface area (Å²) in [6, 6.07) is 16.1. The number of amides is 1. The lowest BCUT2D eigenvalue weighted by Gasteiger charge is -2.30. The Labute approximate surface area is 156 Å². The number of hydrogen-bond donors (Lipinski definition) is 1. The van der Waals surface area contributed by atoms with Crippen molar-refractivity contribution in [3.8, 4) is 0 Å². The molecule has 2 heterocycles. The molecule has 1 amide bonds. The van der Waals surface area contributed by atoms with Crippen molar-refractivity contribution in [2.45, 2.75) is 50.7 Å². The molecule has 4 heteroatoms. The molecule has 2 aromatic carbocycles. The van der Waals surface area contributed by atoms with Gasteiger partial charge in [-0.2, -0.15) is 0 Å². The highest BCUT2D eigenvalue weighted by molar-refractivity contribution is 5.86. The molecule has 2 saturated heterocycles. The second-order valence-corrected chi connectivity index (χ2v) is 7.57. The first-order valence-corrected chi connectivity index (χ1v) is 9.15. The standard InChI is InChI=1S/C21H26N2O.ClH/c1-23(14-17-7-4-6-16-5-2-3-8-20(16)17)21(24)13-15-11-18-9-10-19(12-15)22-18;/h2-8,15,18-19,22H,9-14H2,1H3;1H. The Hall–Kier alpha value is -1.58. The first-order valence-electron chi connectivity index (χ1n) is 9.15. The zero-order chi connectivity index (χ0) is 16.5. The molecule has 2 aliphatic rings. The molecule has 2 atom stereocenters. The molecule has 0 radical (unpaired) electrons. The summed E-state index contributed by atoms with van der Waals surface area (Å²) in [5.74, 6) is 0.848. The molecule has 0 aliphatic carbocycles. The van der Waals surface area contributed by atoms with E-state index >= 15 is 0 Å². The van der Waals surface area contributed by atoms with E-state index in [0.29, 0.717) is 31.0 Å². The average molecular weight is 359 g/mol. The van der Waals surface area contributed by atoms with Gasteiger partial charge in [0.1, 0.15) is 0 Å².